The molecule has 6 nitrogen and oxygen atoms in total. The summed E-state index contributed by atoms with van der Waals surface area (Å²) in [6.07, 6.45) is -4.53. The third-order valence-electron chi connectivity index (χ3n) is 0.805. The first-order valence-corrected chi connectivity index (χ1v) is 2.28. The van der Waals surface area contributed by atoms with Crippen LogP contribution in [0.1, 0.15) is 0 Å². The van der Waals surface area contributed by atoms with Gasteiger partial charge < -0.3 is 20.4 Å². The maximum atomic E-state index is 9.77. The van der Waals surface area contributed by atoms with Crippen molar-refractivity contribution in [3.8, 4) is 0 Å². The van der Waals surface area contributed by atoms with Gasteiger partial charge in [0.25, 0.3) is 0 Å². The Hall–Kier alpha value is 0.0938. The molecule has 69 valence electrons. The van der Waals surface area contributed by atoms with Crippen molar-refractivity contribution < 1.29 is 68.8 Å². The maximum Gasteiger partial charge on any atom is 0.335 e. The molecule has 0 bridgehead atoms. The molecule has 2 unspecified atom stereocenters. The average Bonchev–Trinajstić information content (AvgIpc) is 1.84. The van der Waals surface area contributed by atoms with Crippen molar-refractivity contribution in [3.63, 3.8) is 0 Å². The SMILES string of the molecule is O=C(O)C(O)C(O)C(=O)O.[Mn].[Ti]. The molecule has 1 radical (unpaired) electrons. The smallest absolute Gasteiger partial charge is 0.335 e. The van der Waals surface area contributed by atoms with Crippen molar-refractivity contribution in [2.24, 2.45) is 0 Å². The third-order valence-corrected chi connectivity index (χ3v) is 0.805. The minimum Gasteiger partial charge on any atom is -0.479 e. The van der Waals surface area contributed by atoms with E-state index in [1.807, 2.05) is 0 Å². The van der Waals surface area contributed by atoms with E-state index in [1.165, 1.54) is 0 Å². The van der Waals surface area contributed by atoms with E-state index in [1.54, 1.807) is 0 Å². The average molecular weight is 253 g/mol. The summed E-state index contributed by atoms with van der Waals surface area (Å²) in [5.41, 5.74) is 0. The number of hydrogen-bond acceptors (Lipinski definition) is 4. The Morgan fingerprint density at radius 2 is 1.08 bits per heavy atom. The van der Waals surface area contributed by atoms with Gasteiger partial charge in [-0.1, -0.05) is 0 Å². The van der Waals surface area contributed by atoms with Crippen LogP contribution in [0.3, 0.4) is 0 Å². The molecule has 12 heavy (non-hydrogen) atoms. The predicted octanol–water partition coefficient (Wildman–Crippen LogP) is -2.13. The van der Waals surface area contributed by atoms with Crippen molar-refractivity contribution in [1.29, 1.82) is 0 Å². The summed E-state index contributed by atoms with van der Waals surface area (Å²) in [5, 5.41) is 32.5. The number of aliphatic hydroxyl groups excluding tert-OH is 2. The first-order valence-electron chi connectivity index (χ1n) is 2.28. The van der Waals surface area contributed by atoms with E-state index in [0.29, 0.717) is 0 Å². The Bertz CT molecular complexity index is 144. The number of carboxylic acids is 2. The van der Waals surface area contributed by atoms with Gasteiger partial charge in [-0.2, -0.15) is 0 Å². The van der Waals surface area contributed by atoms with E-state index < -0.39 is 24.1 Å². The molecule has 0 aliphatic carbocycles. The Labute approximate surface area is 92.9 Å². The van der Waals surface area contributed by atoms with Crippen molar-refractivity contribution in [2.45, 2.75) is 12.2 Å². The number of rotatable bonds is 3. The minimum atomic E-state index is -2.27. The zero-order valence-corrected chi connectivity index (χ0v) is 8.38. The summed E-state index contributed by atoms with van der Waals surface area (Å²) in [6, 6.07) is 0. The van der Waals surface area contributed by atoms with Gasteiger partial charge in [-0.05, 0) is 0 Å². The van der Waals surface area contributed by atoms with Crippen LogP contribution in [0.4, 0.5) is 0 Å². The molecule has 0 aromatic rings. The predicted molar refractivity (Wildman–Crippen MR) is 27.3 cm³/mol. The standard InChI is InChI=1S/C4H6O6.Mn.Ti/c5-1(3(7)8)2(6)4(9)10;;/h1-2,5-6H,(H,7,8)(H,9,10);;. The Morgan fingerprint density at radius 1 is 0.917 bits per heavy atom. The van der Waals surface area contributed by atoms with Crippen molar-refractivity contribution in [3.05, 3.63) is 0 Å². The van der Waals surface area contributed by atoms with E-state index in [2.05, 4.69) is 0 Å². The molecule has 4 N–H and O–H groups in total. The first-order chi connectivity index (χ1) is 4.46. The normalized spacial score (nSPS) is 13.2. The zero-order valence-electron chi connectivity index (χ0n) is 5.64. The maximum absolute atomic E-state index is 9.77. The Kier molecular flexibility index (Phi) is 11.6. The van der Waals surface area contributed by atoms with Crippen LogP contribution in [0.5, 0.6) is 0 Å². The van der Waals surface area contributed by atoms with Gasteiger partial charge in [-0.15, -0.1) is 0 Å². The summed E-state index contributed by atoms with van der Waals surface area (Å²) in [7, 11) is 0. The fourth-order valence-corrected chi connectivity index (χ4v) is 0.270. The van der Waals surface area contributed by atoms with Crippen LogP contribution in [0.15, 0.2) is 0 Å². The second kappa shape index (κ2) is 7.73. The van der Waals surface area contributed by atoms with Crippen molar-refractivity contribution in [1.82, 2.24) is 0 Å². The number of aliphatic carboxylic acids is 2. The number of carboxylic acid groups (broad SMARTS) is 2. The Morgan fingerprint density at radius 3 is 1.17 bits per heavy atom. The van der Waals surface area contributed by atoms with E-state index >= 15 is 0 Å². The van der Waals surface area contributed by atoms with Gasteiger partial charge in [-0.25, -0.2) is 9.59 Å². The molecule has 8 heteroatoms. The minimum absolute atomic E-state index is 0. The fourth-order valence-electron chi connectivity index (χ4n) is 0.270. The zero-order chi connectivity index (χ0) is 8.31. The van der Waals surface area contributed by atoms with Crippen molar-refractivity contribution in [2.75, 3.05) is 0 Å². The molecule has 2 atom stereocenters. The molecular formula is C4H6MnO6Ti. The molecule has 0 rings (SSSR count). The molecular weight excluding hydrogens is 247 g/mol. The van der Waals surface area contributed by atoms with Gasteiger partial charge in [0.15, 0.2) is 12.2 Å². The second-order valence-corrected chi connectivity index (χ2v) is 1.57. The van der Waals surface area contributed by atoms with Gasteiger partial charge in [-0.3, -0.25) is 0 Å². The van der Waals surface area contributed by atoms with Crippen molar-refractivity contribution >= 4 is 11.9 Å². The summed E-state index contributed by atoms with van der Waals surface area (Å²) in [6.45, 7) is 0. The largest absolute Gasteiger partial charge is 0.479 e. The summed E-state index contributed by atoms with van der Waals surface area (Å²) < 4.78 is 0. The van der Waals surface area contributed by atoms with Crippen LogP contribution in [0, 0.1) is 0 Å². The summed E-state index contributed by atoms with van der Waals surface area (Å²) in [4.78, 5) is 19.5. The van der Waals surface area contributed by atoms with Gasteiger partial charge >= 0.3 is 11.9 Å². The van der Waals surface area contributed by atoms with Gasteiger partial charge in [0.2, 0.25) is 0 Å². The fraction of sp³-hybridized carbons (Fsp3) is 0.500. The monoisotopic (exact) mass is 253 g/mol. The topological polar surface area (TPSA) is 115 Å². The Balaban J connectivity index is -0.000000405. The number of carbonyl (C=O) groups is 2. The second-order valence-electron chi connectivity index (χ2n) is 1.57. The molecule has 0 aliphatic rings. The van der Waals surface area contributed by atoms with E-state index in [4.69, 9.17) is 20.4 Å². The van der Waals surface area contributed by atoms with Crippen LogP contribution in [0.2, 0.25) is 0 Å². The molecule has 0 aliphatic heterocycles. The third kappa shape index (κ3) is 5.71. The van der Waals surface area contributed by atoms with Gasteiger partial charge in [0.1, 0.15) is 0 Å². The van der Waals surface area contributed by atoms with E-state index in [0.717, 1.165) is 0 Å². The quantitative estimate of drug-likeness (QED) is 0.427. The molecule has 0 aromatic heterocycles. The molecule has 0 amide bonds. The van der Waals surface area contributed by atoms with E-state index in [-0.39, 0.29) is 38.8 Å². The first kappa shape index (κ1) is 18.0. The number of aliphatic hydroxyl groups is 2. The summed E-state index contributed by atoms with van der Waals surface area (Å²) in [5.74, 6) is -3.54. The van der Waals surface area contributed by atoms with Crippen LogP contribution in [0.25, 0.3) is 0 Å². The van der Waals surface area contributed by atoms with Crippen LogP contribution < -0.4 is 0 Å². The van der Waals surface area contributed by atoms with Gasteiger partial charge in [0.05, 0.1) is 0 Å². The van der Waals surface area contributed by atoms with Crippen LogP contribution in [-0.4, -0.2) is 44.6 Å². The molecule has 0 fully saturated rings. The van der Waals surface area contributed by atoms with Crippen LogP contribution >= 0.6 is 0 Å². The molecule has 0 spiro atoms. The summed E-state index contributed by atoms with van der Waals surface area (Å²) >= 11 is 0. The molecule has 0 aromatic carbocycles. The molecule has 0 saturated carbocycles. The molecule has 0 heterocycles. The van der Waals surface area contributed by atoms with Crippen LogP contribution in [-0.2, 0) is 48.4 Å². The van der Waals surface area contributed by atoms with E-state index in [9.17, 15) is 9.59 Å². The van der Waals surface area contributed by atoms with Gasteiger partial charge in [0, 0.05) is 38.8 Å². The molecule has 0 saturated heterocycles. The number of hydrogen-bond donors (Lipinski definition) is 4.